The fourth-order valence-corrected chi connectivity index (χ4v) is 4.26. The molecular weight excluding hydrogens is 380 g/mol. The summed E-state index contributed by atoms with van der Waals surface area (Å²) in [5.74, 6) is -0.917. The number of benzene rings is 2. The number of nitrogens with one attached hydrogen (secondary N) is 1. The average molecular weight is 398 g/mol. The van der Waals surface area contributed by atoms with E-state index in [-0.39, 0.29) is 10.9 Å². The smallest absolute Gasteiger partial charge is 0.374 e. The third-order valence-corrected chi connectivity index (χ3v) is 5.80. The van der Waals surface area contributed by atoms with Crippen LogP contribution in [0.4, 0.5) is 17.1 Å². The Balaban J connectivity index is 1.66. The van der Waals surface area contributed by atoms with Gasteiger partial charge in [0.25, 0.3) is 10.0 Å². The molecule has 2 aromatic carbocycles. The number of esters is 1. The first kappa shape index (κ1) is 18.1. The molecule has 0 spiro atoms. The molecule has 0 atom stereocenters. The van der Waals surface area contributed by atoms with Gasteiger partial charge in [-0.3, -0.25) is 4.72 Å². The van der Waals surface area contributed by atoms with Crippen molar-refractivity contribution < 1.29 is 22.4 Å². The molecule has 0 saturated carbocycles. The normalized spacial score (nSPS) is 13.2. The standard InChI is InChI=1S/C20H18N2O5S/c1-26-20(23)18-10-11-19(27-18)28(24,25)21-15-7-3-5-9-17(15)22-13-12-14-6-2-4-8-16(14)22/h2-11,21H,12-13H2,1H3. The number of sulfonamides is 1. The van der Waals surface area contributed by atoms with Crippen molar-refractivity contribution in [2.75, 3.05) is 23.3 Å². The summed E-state index contributed by atoms with van der Waals surface area (Å²) in [6.07, 6.45) is 0.887. The van der Waals surface area contributed by atoms with Crippen molar-refractivity contribution in [3.05, 3.63) is 72.0 Å². The van der Waals surface area contributed by atoms with Crippen molar-refractivity contribution in [2.45, 2.75) is 11.5 Å². The van der Waals surface area contributed by atoms with Gasteiger partial charge in [-0.05, 0) is 42.3 Å². The number of para-hydroxylation sites is 3. The molecule has 0 unspecified atom stereocenters. The molecule has 3 aromatic rings. The van der Waals surface area contributed by atoms with Gasteiger partial charge in [0.15, 0.2) is 0 Å². The van der Waals surface area contributed by atoms with Crippen LogP contribution in [0.3, 0.4) is 0 Å². The minimum atomic E-state index is -4.01. The Kier molecular flexibility index (Phi) is 4.56. The van der Waals surface area contributed by atoms with E-state index in [2.05, 4.69) is 20.4 Å². The molecule has 1 N–H and O–H groups in total. The number of rotatable bonds is 5. The van der Waals surface area contributed by atoms with E-state index in [1.54, 1.807) is 12.1 Å². The van der Waals surface area contributed by atoms with Crippen molar-refractivity contribution in [1.82, 2.24) is 0 Å². The Hall–Kier alpha value is -3.26. The minimum absolute atomic E-state index is 0.176. The molecule has 0 amide bonds. The molecule has 1 aromatic heterocycles. The number of fused-ring (bicyclic) bond motifs is 1. The van der Waals surface area contributed by atoms with E-state index in [9.17, 15) is 13.2 Å². The van der Waals surface area contributed by atoms with E-state index < -0.39 is 16.0 Å². The van der Waals surface area contributed by atoms with Gasteiger partial charge in [0.2, 0.25) is 10.9 Å². The maximum absolute atomic E-state index is 12.8. The number of carbonyl (C=O) groups is 1. The highest BCUT2D eigenvalue weighted by molar-refractivity contribution is 7.92. The fourth-order valence-electron chi connectivity index (χ4n) is 3.25. The van der Waals surface area contributed by atoms with E-state index in [1.807, 2.05) is 30.3 Å². The second-order valence-electron chi connectivity index (χ2n) is 6.26. The lowest BCUT2D eigenvalue weighted by Gasteiger charge is -2.23. The van der Waals surface area contributed by atoms with E-state index in [0.29, 0.717) is 5.69 Å². The van der Waals surface area contributed by atoms with Gasteiger partial charge in [-0.15, -0.1) is 0 Å². The van der Waals surface area contributed by atoms with Crippen LogP contribution in [0, 0.1) is 0 Å². The summed E-state index contributed by atoms with van der Waals surface area (Å²) in [5, 5.41) is -0.357. The van der Waals surface area contributed by atoms with Gasteiger partial charge < -0.3 is 14.1 Å². The Labute approximate surface area is 162 Å². The van der Waals surface area contributed by atoms with Crippen molar-refractivity contribution in [3.8, 4) is 0 Å². The highest BCUT2D eigenvalue weighted by Crippen LogP contribution is 2.38. The van der Waals surface area contributed by atoms with Crippen LogP contribution < -0.4 is 9.62 Å². The van der Waals surface area contributed by atoms with Crippen LogP contribution in [0.2, 0.25) is 0 Å². The topological polar surface area (TPSA) is 88.8 Å². The number of ether oxygens (including phenoxy) is 1. The maximum Gasteiger partial charge on any atom is 0.374 e. The summed E-state index contributed by atoms with van der Waals surface area (Å²) in [4.78, 5) is 13.6. The number of nitrogens with zero attached hydrogens (tertiary/aromatic N) is 1. The number of hydrogen-bond acceptors (Lipinski definition) is 6. The lowest BCUT2D eigenvalue weighted by molar-refractivity contribution is 0.0559. The molecule has 1 aliphatic heterocycles. The number of hydrogen-bond donors (Lipinski definition) is 1. The first-order chi connectivity index (χ1) is 13.5. The van der Waals surface area contributed by atoms with Crippen LogP contribution in [0.25, 0.3) is 0 Å². The maximum atomic E-state index is 12.8. The first-order valence-electron chi connectivity index (χ1n) is 8.65. The van der Waals surface area contributed by atoms with Gasteiger partial charge in [-0.1, -0.05) is 30.3 Å². The highest BCUT2D eigenvalue weighted by atomic mass is 32.2. The first-order valence-corrected chi connectivity index (χ1v) is 10.1. The summed E-state index contributed by atoms with van der Waals surface area (Å²) in [7, 11) is -2.82. The second kappa shape index (κ2) is 7.05. The van der Waals surface area contributed by atoms with Gasteiger partial charge in [0.1, 0.15) is 0 Å². The highest BCUT2D eigenvalue weighted by Gasteiger charge is 2.26. The third kappa shape index (κ3) is 3.22. The zero-order chi connectivity index (χ0) is 19.7. The number of methoxy groups -OCH3 is 1. The zero-order valence-electron chi connectivity index (χ0n) is 15.1. The molecule has 1 aliphatic rings. The Morgan fingerprint density at radius 1 is 1.04 bits per heavy atom. The summed E-state index contributed by atoms with van der Waals surface area (Å²) >= 11 is 0. The van der Waals surface area contributed by atoms with Gasteiger partial charge in [-0.2, -0.15) is 8.42 Å². The van der Waals surface area contributed by atoms with Gasteiger partial charge in [-0.25, -0.2) is 4.79 Å². The molecule has 8 heteroatoms. The molecule has 0 fully saturated rings. The third-order valence-electron chi connectivity index (χ3n) is 4.56. The van der Waals surface area contributed by atoms with Gasteiger partial charge in [0.05, 0.1) is 18.5 Å². The monoisotopic (exact) mass is 398 g/mol. The minimum Gasteiger partial charge on any atom is -0.463 e. The van der Waals surface area contributed by atoms with Crippen molar-refractivity contribution in [1.29, 1.82) is 0 Å². The molecular formula is C20H18N2O5S. The Morgan fingerprint density at radius 2 is 1.75 bits per heavy atom. The largest absolute Gasteiger partial charge is 0.463 e. The molecule has 7 nitrogen and oxygen atoms in total. The van der Waals surface area contributed by atoms with Gasteiger partial charge in [0, 0.05) is 12.2 Å². The number of anilines is 3. The van der Waals surface area contributed by atoms with Crippen molar-refractivity contribution in [3.63, 3.8) is 0 Å². The average Bonchev–Trinajstić information content (AvgIpc) is 3.35. The van der Waals surface area contributed by atoms with Crippen molar-refractivity contribution >= 4 is 33.1 Å². The number of carbonyl (C=O) groups excluding carboxylic acids is 1. The van der Waals surface area contributed by atoms with Crippen LogP contribution in [0.1, 0.15) is 16.1 Å². The SMILES string of the molecule is COC(=O)c1ccc(S(=O)(=O)Nc2ccccc2N2CCc3ccccc32)o1. The quantitative estimate of drug-likeness (QED) is 0.661. The molecule has 0 saturated heterocycles. The van der Waals surface area contributed by atoms with E-state index in [0.717, 1.165) is 24.3 Å². The van der Waals surface area contributed by atoms with Crippen LogP contribution in [-0.2, 0) is 21.2 Å². The molecule has 0 radical (unpaired) electrons. The molecule has 28 heavy (non-hydrogen) atoms. The van der Waals surface area contributed by atoms with Gasteiger partial charge >= 0.3 is 5.97 Å². The van der Waals surface area contributed by atoms with Crippen LogP contribution >= 0.6 is 0 Å². The van der Waals surface area contributed by atoms with E-state index >= 15 is 0 Å². The molecule has 4 rings (SSSR count). The van der Waals surface area contributed by atoms with Crippen LogP contribution in [0.5, 0.6) is 0 Å². The van der Waals surface area contributed by atoms with Crippen LogP contribution in [0.15, 0.2) is 70.2 Å². The fraction of sp³-hybridized carbons (Fsp3) is 0.150. The molecule has 0 aliphatic carbocycles. The summed E-state index contributed by atoms with van der Waals surface area (Å²) in [6.45, 7) is 0.755. The Bertz CT molecular complexity index is 1140. The number of furan rings is 1. The summed E-state index contributed by atoms with van der Waals surface area (Å²) in [5.41, 5.74) is 3.44. The Morgan fingerprint density at radius 3 is 2.54 bits per heavy atom. The zero-order valence-corrected chi connectivity index (χ0v) is 15.9. The predicted molar refractivity (Wildman–Crippen MR) is 104 cm³/mol. The van der Waals surface area contributed by atoms with Crippen molar-refractivity contribution in [2.24, 2.45) is 0 Å². The van der Waals surface area contributed by atoms with E-state index in [1.165, 1.54) is 24.8 Å². The lowest BCUT2D eigenvalue weighted by atomic mass is 10.2. The lowest BCUT2D eigenvalue weighted by Crippen LogP contribution is -2.18. The molecule has 2 heterocycles. The summed E-state index contributed by atoms with van der Waals surface area (Å²) in [6, 6.07) is 17.7. The molecule has 144 valence electrons. The molecule has 0 bridgehead atoms. The predicted octanol–water partition coefficient (Wildman–Crippen LogP) is 3.56. The van der Waals surface area contributed by atoms with Crippen LogP contribution in [-0.4, -0.2) is 28.0 Å². The second-order valence-corrected chi connectivity index (χ2v) is 7.88. The summed E-state index contributed by atoms with van der Waals surface area (Å²) < 4.78 is 37.8. The van der Waals surface area contributed by atoms with E-state index in [4.69, 9.17) is 4.42 Å².